The zero-order valence-corrected chi connectivity index (χ0v) is 12.5. The number of pyridine rings is 1. The molecule has 0 saturated carbocycles. The molecule has 0 aliphatic heterocycles. The number of benzene rings is 1. The molecule has 0 fully saturated rings. The molecule has 0 aliphatic rings. The first-order valence-electron chi connectivity index (χ1n) is 6.74. The van der Waals surface area contributed by atoms with E-state index >= 15 is 0 Å². The SMILES string of the molecule is COc1cccc(-c2c(CCN)nc3c(Cl)cccn23)c1. The standard InChI is InChI=1S/C16H16ClN3O/c1-21-12-5-2-4-11(10-12)15-14(7-8-18)19-16-13(17)6-3-9-20(15)16/h2-6,9-10H,7-8,18H2,1H3. The van der Waals surface area contributed by atoms with Crippen LogP contribution in [0.3, 0.4) is 0 Å². The van der Waals surface area contributed by atoms with Gasteiger partial charge in [0.1, 0.15) is 5.75 Å². The molecule has 0 bridgehead atoms. The average molecular weight is 302 g/mol. The van der Waals surface area contributed by atoms with Crippen molar-refractivity contribution in [2.75, 3.05) is 13.7 Å². The van der Waals surface area contributed by atoms with E-state index in [0.29, 0.717) is 18.0 Å². The Morgan fingerprint density at radius 2 is 2.14 bits per heavy atom. The lowest BCUT2D eigenvalue weighted by molar-refractivity contribution is 0.415. The number of nitrogens with two attached hydrogens (primary N) is 1. The number of aromatic nitrogens is 2. The van der Waals surface area contributed by atoms with Crippen molar-refractivity contribution in [3.05, 3.63) is 53.3 Å². The molecule has 2 N–H and O–H groups in total. The van der Waals surface area contributed by atoms with Crippen molar-refractivity contribution in [2.24, 2.45) is 5.73 Å². The number of hydrogen-bond acceptors (Lipinski definition) is 3. The molecule has 0 amide bonds. The highest BCUT2D eigenvalue weighted by Gasteiger charge is 2.15. The normalized spacial score (nSPS) is 11.0. The van der Waals surface area contributed by atoms with Gasteiger partial charge in [0.15, 0.2) is 5.65 Å². The van der Waals surface area contributed by atoms with Gasteiger partial charge in [-0.15, -0.1) is 0 Å². The Morgan fingerprint density at radius 1 is 1.29 bits per heavy atom. The van der Waals surface area contributed by atoms with Gasteiger partial charge in [-0.2, -0.15) is 0 Å². The third-order valence-electron chi connectivity index (χ3n) is 3.40. The average Bonchev–Trinajstić information content (AvgIpc) is 2.87. The van der Waals surface area contributed by atoms with Crippen LogP contribution in [0.25, 0.3) is 16.9 Å². The van der Waals surface area contributed by atoms with Crippen molar-refractivity contribution >= 4 is 17.2 Å². The Morgan fingerprint density at radius 3 is 2.90 bits per heavy atom. The smallest absolute Gasteiger partial charge is 0.156 e. The Kier molecular flexibility index (Phi) is 3.82. The zero-order valence-electron chi connectivity index (χ0n) is 11.7. The summed E-state index contributed by atoms with van der Waals surface area (Å²) in [4.78, 5) is 4.64. The molecular formula is C16H16ClN3O. The predicted octanol–water partition coefficient (Wildman–Crippen LogP) is 3.16. The maximum absolute atomic E-state index is 6.25. The fourth-order valence-corrected chi connectivity index (χ4v) is 2.67. The second kappa shape index (κ2) is 5.76. The van der Waals surface area contributed by atoms with Crippen LogP contribution in [-0.2, 0) is 6.42 Å². The fourth-order valence-electron chi connectivity index (χ4n) is 2.47. The summed E-state index contributed by atoms with van der Waals surface area (Å²) in [5, 5.41) is 0.630. The van der Waals surface area contributed by atoms with Gasteiger partial charge in [0.2, 0.25) is 0 Å². The molecule has 3 rings (SSSR count). The van der Waals surface area contributed by atoms with E-state index < -0.39 is 0 Å². The molecule has 5 heteroatoms. The number of fused-ring (bicyclic) bond motifs is 1. The predicted molar refractivity (Wildman–Crippen MR) is 84.9 cm³/mol. The summed E-state index contributed by atoms with van der Waals surface area (Å²) in [7, 11) is 1.66. The van der Waals surface area contributed by atoms with Crippen molar-refractivity contribution in [1.29, 1.82) is 0 Å². The molecule has 108 valence electrons. The Balaban J connectivity index is 2.28. The van der Waals surface area contributed by atoms with E-state index in [2.05, 4.69) is 4.98 Å². The quantitative estimate of drug-likeness (QED) is 0.805. The van der Waals surface area contributed by atoms with Crippen LogP contribution < -0.4 is 10.5 Å². The first-order valence-corrected chi connectivity index (χ1v) is 7.12. The third kappa shape index (κ3) is 2.48. The molecule has 3 aromatic rings. The van der Waals surface area contributed by atoms with E-state index in [1.165, 1.54) is 0 Å². The van der Waals surface area contributed by atoms with Gasteiger partial charge in [0.05, 0.1) is 23.5 Å². The van der Waals surface area contributed by atoms with Gasteiger partial charge >= 0.3 is 0 Å². The second-order valence-corrected chi connectivity index (χ2v) is 5.13. The number of rotatable bonds is 4. The number of hydrogen-bond donors (Lipinski definition) is 1. The summed E-state index contributed by atoms with van der Waals surface area (Å²) in [6, 6.07) is 11.7. The topological polar surface area (TPSA) is 52.5 Å². The first kappa shape index (κ1) is 13.9. The van der Waals surface area contributed by atoms with E-state index in [9.17, 15) is 0 Å². The largest absolute Gasteiger partial charge is 0.497 e. The van der Waals surface area contributed by atoms with E-state index in [4.69, 9.17) is 22.1 Å². The summed E-state index contributed by atoms with van der Waals surface area (Å²) < 4.78 is 7.31. The highest BCUT2D eigenvalue weighted by Crippen LogP contribution is 2.30. The van der Waals surface area contributed by atoms with Gasteiger partial charge < -0.3 is 10.5 Å². The van der Waals surface area contributed by atoms with Gasteiger partial charge in [-0.05, 0) is 30.8 Å². The molecule has 21 heavy (non-hydrogen) atoms. The van der Waals surface area contributed by atoms with Crippen LogP contribution in [0.2, 0.25) is 5.02 Å². The Hall–Kier alpha value is -2.04. The van der Waals surface area contributed by atoms with Crippen LogP contribution in [0.15, 0.2) is 42.6 Å². The minimum Gasteiger partial charge on any atom is -0.497 e. The summed E-state index contributed by atoms with van der Waals surface area (Å²) in [6.07, 6.45) is 2.66. The molecule has 1 aromatic carbocycles. The van der Waals surface area contributed by atoms with Crippen LogP contribution in [0.4, 0.5) is 0 Å². The number of methoxy groups -OCH3 is 1. The summed E-state index contributed by atoms with van der Waals surface area (Å²) >= 11 is 6.25. The van der Waals surface area contributed by atoms with E-state index in [-0.39, 0.29) is 0 Å². The van der Waals surface area contributed by atoms with Crippen LogP contribution >= 0.6 is 11.6 Å². The molecule has 0 saturated heterocycles. The fraction of sp³-hybridized carbons (Fsp3) is 0.188. The number of nitrogens with zero attached hydrogens (tertiary/aromatic N) is 2. The minimum atomic E-state index is 0.540. The van der Waals surface area contributed by atoms with Crippen LogP contribution in [0, 0.1) is 0 Å². The summed E-state index contributed by atoms with van der Waals surface area (Å²) in [5.41, 5.74) is 9.46. The molecule has 2 aromatic heterocycles. The molecule has 0 radical (unpaired) electrons. The summed E-state index contributed by atoms with van der Waals surface area (Å²) in [6.45, 7) is 0.540. The van der Waals surface area contributed by atoms with Crippen molar-refractivity contribution in [1.82, 2.24) is 9.38 Å². The highest BCUT2D eigenvalue weighted by atomic mass is 35.5. The Labute approximate surface area is 128 Å². The van der Waals surface area contributed by atoms with Gasteiger partial charge in [-0.1, -0.05) is 23.7 Å². The molecule has 0 unspecified atom stereocenters. The minimum absolute atomic E-state index is 0.540. The van der Waals surface area contributed by atoms with E-state index in [1.54, 1.807) is 7.11 Å². The van der Waals surface area contributed by atoms with Crippen molar-refractivity contribution in [3.8, 4) is 17.0 Å². The molecule has 4 nitrogen and oxygen atoms in total. The van der Waals surface area contributed by atoms with Gasteiger partial charge in [-0.3, -0.25) is 4.40 Å². The second-order valence-electron chi connectivity index (χ2n) is 4.73. The monoisotopic (exact) mass is 301 g/mol. The van der Waals surface area contributed by atoms with Crippen LogP contribution in [0.1, 0.15) is 5.69 Å². The van der Waals surface area contributed by atoms with Crippen molar-refractivity contribution in [2.45, 2.75) is 6.42 Å². The number of imidazole rings is 1. The maximum Gasteiger partial charge on any atom is 0.156 e. The van der Waals surface area contributed by atoms with Gasteiger partial charge in [-0.25, -0.2) is 4.98 Å². The summed E-state index contributed by atoms with van der Waals surface area (Å²) in [5.74, 6) is 0.808. The van der Waals surface area contributed by atoms with Gasteiger partial charge in [0, 0.05) is 18.2 Å². The first-order chi connectivity index (χ1) is 10.2. The lowest BCUT2D eigenvalue weighted by Crippen LogP contribution is -2.04. The molecule has 0 spiro atoms. The van der Waals surface area contributed by atoms with Gasteiger partial charge in [0.25, 0.3) is 0 Å². The van der Waals surface area contributed by atoms with E-state index in [0.717, 1.165) is 28.3 Å². The number of halogens is 1. The number of ether oxygens (including phenoxy) is 1. The van der Waals surface area contributed by atoms with Crippen molar-refractivity contribution < 1.29 is 4.74 Å². The zero-order chi connectivity index (χ0) is 14.8. The molecular weight excluding hydrogens is 286 g/mol. The lowest BCUT2D eigenvalue weighted by atomic mass is 10.1. The molecule has 2 heterocycles. The van der Waals surface area contributed by atoms with Crippen molar-refractivity contribution in [3.63, 3.8) is 0 Å². The Bertz CT molecular complexity index is 782. The third-order valence-corrected chi connectivity index (χ3v) is 3.69. The maximum atomic E-state index is 6.25. The highest BCUT2D eigenvalue weighted by molar-refractivity contribution is 6.33. The molecule has 0 aliphatic carbocycles. The van der Waals surface area contributed by atoms with Crippen LogP contribution in [-0.4, -0.2) is 23.0 Å². The van der Waals surface area contributed by atoms with Crippen LogP contribution in [0.5, 0.6) is 5.75 Å². The van der Waals surface area contributed by atoms with E-state index in [1.807, 2.05) is 47.0 Å². The lowest BCUT2D eigenvalue weighted by Gasteiger charge is -2.07. The molecule has 0 atom stereocenters.